The highest BCUT2D eigenvalue weighted by Crippen LogP contribution is 2.28. The van der Waals surface area contributed by atoms with Crippen LogP contribution in [0.5, 0.6) is 0 Å². The van der Waals surface area contributed by atoms with Gasteiger partial charge in [0, 0.05) is 19.0 Å². The number of hydrogen-bond donors (Lipinski definition) is 2. The van der Waals surface area contributed by atoms with Crippen LogP contribution in [0.2, 0.25) is 0 Å². The molecule has 0 aliphatic carbocycles. The zero-order valence-corrected chi connectivity index (χ0v) is 13.4. The quantitative estimate of drug-likeness (QED) is 0.765. The van der Waals surface area contributed by atoms with Crippen LogP contribution in [0.3, 0.4) is 0 Å². The van der Waals surface area contributed by atoms with Crippen molar-refractivity contribution >= 4 is 16.9 Å². The van der Waals surface area contributed by atoms with Crippen LogP contribution in [0.25, 0.3) is 11.0 Å². The van der Waals surface area contributed by atoms with Crippen molar-refractivity contribution in [3.05, 3.63) is 47.5 Å². The number of alkyl halides is 2. The second kappa shape index (κ2) is 6.27. The van der Waals surface area contributed by atoms with Crippen molar-refractivity contribution < 1.29 is 13.6 Å². The lowest BCUT2D eigenvalue weighted by molar-refractivity contribution is 0.0705. The minimum atomic E-state index is -2.66. The van der Waals surface area contributed by atoms with Crippen LogP contribution in [-0.4, -0.2) is 44.1 Å². The number of aromatic nitrogens is 4. The Kier molecular flexibility index (Phi) is 3.95. The Balaban J connectivity index is 1.42. The maximum Gasteiger partial charge on any atom is 0.279 e. The van der Waals surface area contributed by atoms with Crippen molar-refractivity contribution in [2.24, 2.45) is 0 Å². The monoisotopic (exact) mass is 345 g/mol. The number of nitrogens with zero attached hydrogens (tertiary/aromatic N) is 3. The molecule has 0 atom stereocenters. The van der Waals surface area contributed by atoms with E-state index in [9.17, 15) is 13.6 Å². The molecule has 0 unspecified atom stereocenters. The van der Waals surface area contributed by atoms with Gasteiger partial charge in [-0.25, -0.2) is 13.8 Å². The number of piperidine rings is 1. The summed E-state index contributed by atoms with van der Waals surface area (Å²) in [6.45, 7) is 1.11. The Labute approximate surface area is 142 Å². The van der Waals surface area contributed by atoms with Gasteiger partial charge in [0.15, 0.2) is 5.69 Å². The third-order valence-corrected chi connectivity index (χ3v) is 4.63. The highest BCUT2D eigenvalue weighted by molar-refractivity contribution is 5.92. The molecule has 3 heterocycles. The van der Waals surface area contributed by atoms with Crippen LogP contribution >= 0.6 is 0 Å². The van der Waals surface area contributed by atoms with Gasteiger partial charge in [-0.2, -0.15) is 5.10 Å². The van der Waals surface area contributed by atoms with Gasteiger partial charge in [0.2, 0.25) is 0 Å². The second-order valence-corrected chi connectivity index (χ2v) is 6.21. The summed E-state index contributed by atoms with van der Waals surface area (Å²) in [5, 5.41) is 5.92. The van der Waals surface area contributed by atoms with Crippen LogP contribution in [0.4, 0.5) is 8.78 Å². The molecule has 25 heavy (non-hydrogen) atoms. The van der Waals surface area contributed by atoms with Crippen LogP contribution in [0.1, 0.15) is 47.2 Å². The number of amides is 1. The predicted octanol–water partition coefficient (Wildman–Crippen LogP) is 3.24. The first kappa shape index (κ1) is 15.7. The summed E-state index contributed by atoms with van der Waals surface area (Å²) in [5.74, 6) is 0.881. The van der Waals surface area contributed by atoms with Gasteiger partial charge in [0.05, 0.1) is 11.0 Å². The van der Waals surface area contributed by atoms with E-state index in [1.807, 2.05) is 24.3 Å². The molecule has 3 aromatic rings. The molecule has 1 fully saturated rings. The smallest absolute Gasteiger partial charge is 0.279 e. The summed E-state index contributed by atoms with van der Waals surface area (Å²) in [7, 11) is 0. The fraction of sp³-hybridized carbons (Fsp3) is 0.353. The topological polar surface area (TPSA) is 77.7 Å². The maximum absolute atomic E-state index is 12.6. The molecule has 2 N–H and O–H groups in total. The average Bonchev–Trinajstić information content (AvgIpc) is 3.28. The van der Waals surface area contributed by atoms with Crippen LogP contribution < -0.4 is 0 Å². The second-order valence-electron chi connectivity index (χ2n) is 6.21. The molecule has 1 aromatic carbocycles. The third kappa shape index (κ3) is 2.99. The van der Waals surface area contributed by atoms with E-state index in [1.54, 1.807) is 4.90 Å². The minimum absolute atomic E-state index is 0.0393. The molecule has 0 radical (unpaired) electrons. The zero-order chi connectivity index (χ0) is 17.4. The summed E-state index contributed by atoms with van der Waals surface area (Å²) in [5.41, 5.74) is 1.65. The molecular formula is C17H17F2N5O. The van der Waals surface area contributed by atoms with Crippen LogP contribution in [0, 0.1) is 0 Å². The molecule has 4 rings (SSSR count). The first-order chi connectivity index (χ1) is 12.1. The molecule has 1 aliphatic rings. The van der Waals surface area contributed by atoms with Crippen molar-refractivity contribution in [1.82, 2.24) is 25.1 Å². The number of para-hydroxylation sites is 2. The zero-order valence-electron chi connectivity index (χ0n) is 13.4. The SMILES string of the molecule is O=C(c1cc(C(F)F)[nH]n1)N1CCC(c2nc3ccccc3[nH]2)CC1. The van der Waals surface area contributed by atoms with Crippen molar-refractivity contribution in [2.45, 2.75) is 25.2 Å². The number of benzene rings is 1. The fourth-order valence-corrected chi connectivity index (χ4v) is 3.24. The number of carbonyl (C=O) groups is 1. The van der Waals surface area contributed by atoms with Crippen molar-refractivity contribution in [3.8, 4) is 0 Å². The van der Waals surface area contributed by atoms with Crippen LogP contribution in [-0.2, 0) is 0 Å². The summed E-state index contributed by atoms with van der Waals surface area (Å²) in [6.07, 6.45) is -1.11. The Morgan fingerprint density at radius 1 is 1.24 bits per heavy atom. The van der Waals surface area contributed by atoms with Gasteiger partial charge >= 0.3 is 0 Å². The predicted molar refractivity (Wildman–Crippen MR) is 87.5 cm³/mol. The maximum atomic E-state index is 12.6. The van der Waals surface area contributed by atoms with E-state index in [0.717, 1.165) is 35.8 Å². The number of H-pyrrole nitrogens is 2. The van der Waals surface area contributed by atoms with Gasteiger partial charge in [-0.3, -0.25) is 9.89 Å². The van der Waals surface area contributed by atoms with Crippen molar-refractivity contribution in [2.75, 3.05) is 13.1 Å². The lowest BCUT2D eigenvalue weighted by atomic mass is 9.96. The Morgan fingerprint density at radius 3 is 2.68 bits per heavy atom. The first-order valence-electron chi connectivity index (χ1n) is 8.19. The van der Waals surface area contributed by atoms with Gasteiger partial charge in [0.1, 0.15) is 11.5 Å². The molecule has 1 saturated heterocycles. The van der Waals surface area contributed by atoms with Gasteiger partial charge < -0.3 is 9.88 Å². The number of aromatic amines is 2. The van der Waals surface area contributed by atoms with E-state index < -0.39 is 6.43 Å². The molecular weight excluding hydrogens is 328 g/mol. The van der Waals surface area contributed by atoms with Gasteiger partial charge in [-0.05, 0) is 31.0 Å². The molecule has 2 aromatic heterocycles. The first-order valence-corrected chi connectivity index (χ1v) is 8.19. The van der Waals surface area contributed by atoms with E-state index in [0.29, 0.717) is 13.1 Å². The Hall–Kier alpha value is -2.77. The molecule has 130 valence electrons. The molecule has 0 spiro atoms. The van der Waals surface area contributed by atoms with E-state index in [1.165, 1.54) is 0 Å². The molecule has 0 bridgehead atoms. The van der Waals surface area contributed by atoms with Gasteiger partial charge in [0.25, 0.3) is 12.3 Å². The number of hydrogen-bond acceptors (Lipinski definition) is 3. The average molecular weight is 345 g/mol. The van der Waals surface area contributed by atoms with E-state index in [2.05, 4.69) is 20.2 Å². The normalized spacial score (nSPS) is 16.0. The summed E-state index contributed by atoms with van der Waals surface area (Å²) in [4.78, 5) is 22.0. The molecule has 1 aliphatic heterocycles. The summed E-state index contributed by atoms with van der Waals surface area (Å²) < 4.78 is 25.2. The largest absolute Gasteiger partial charge is 0.342 e. The van der Waals surface area contributed by atoms with Gasteiger partial charge in [-0.1, -0.05) is 12.1 Å². The fourth-order valence-electron chi connectivity index (χ4n) is 3.24. The van der Waals surface area contributed by atoms with Crippen molar-refractivity contribution in [1.29, 1.82) is 0 Å². The highest BCUT2D eigenvalue weighted by Gasteiger charge is 2.28. The molecule has 6 nitrogen and oxygen atoms in total. The molecule has 8 heteroatoms. The number of fused-ring (bicyclic) bond motifs is 1. The number of rotatable bonds is 3. The standard InChI is InChI=1S/C17H17F2N5O/c18-15(19)13-9-14(23-22-13)17(25)24-7-5-10(6-8-24)16-20-11-3-1-2-4-12(11)21-16/h1-4,9-10,15H,5-8H2,(H,20,21)(H,22,23). The molecule has 1 amide bonds. The van der Waals surface area contributed by atoms with E-state index >= 15 is 0 Å². The lowest BCUT2D eigenvalue weighted by Gasteiger charge is -2.30. The number of carbonyl (C=O) groups excluding carboxylic acids is 1. The van der Waals surface area contributed by atoms with Gasteiger partial charge in [-0.15, -0.1) is 0 Å². The van der Waals surface area contributed by atoms with E-state index in [4.69, 9.17) is 0 Å². The lowest BCUT2D eigenvalue weighted by Crippen LogP contribution is -2.38. The third-order valence-electron chi connectivity index (χ3n) is 4.63. The summed E-state index contributed by atoms with van der Waals surface area (Å²) in [6, 6.07) is 8.99. The number of halogens is 2. The Bertz CT molecular complexity index is 862. The van der Waals surface area contributed by atoms with Crippen LogP contribution in [0.15, 0.2) is 30.3 Å². The summed E-state index contributed by atoms with van der Waals surface area (Å²) >= 11 is 0. The number of imidazole rings is 1. The number of nitrogens with one attached hydrogen (secondary N) is 2. The highest BCUT2D eigenvalue weighted by atomic mass is 19.3. The van der Waals surface area contributed by atoms with Crippen molar-refractivity contribution in [3.63, 3.8) is 0 Å². The minimum Gasteiger partial charge on any atom is -0.342 e. The number of likely N-dealkylation sites (tertiary alicyclic amines) is 1. The molecule has 0 saturated carbocycles. The van der Waals surface area contributed by atoms with E-state index in [-0.39, 0.29) is 23.2 Å². The Morgan fingerprint density at radius 2 is 2.00 bits per heavy atom.